The molecule has 4 heteroatoms. The molecule has 1 atom stereocenters. The maximum Gasteiger partial charge on any atom is 0.0881 e. The van der Waals surface area contributed by atoms with E-state index in [2.05, 4.69) is 5.32 Å². The van der Waals surface area contributed by atoms with Crippen LogP contribution in [0.25, 0.3) is 0 Å². The van der Waals surface area contributed by atoms with Gasteiger partial charge >= 0.3 is 0 Å². The van der Waals surface area contributed by atoms with Gasteiger partial charge in [-0.05, 0) is 44.1 Å². The van der Waals surface area contributed by atoms with Crippen LogP contribution >= 0.6 is 23.2 Å². The molecule has 0 saturated carbocycles. The van der Waals surface area contributed by atoms with E-state index in [0.29, 0.717) is 16.5 Å². The molecule has 0 amide bonds. The average Bonchev–Trinajstić information content (AvgIpc) is 2.22. The molecule has 0 radical (unpaired) electrons. The molecule has 1 unspecified atom stereocenters. The lowest BCUT2D eigenvalue weighted by Crippen LogP contribution is -2.27. The van der Waals surface area contributed by atoms with Crippen LogP contribution in [0.15, 0.2) is 18.2 Å². The first-order valence-electron chi connectivity index (χ1n) is 5.36. The molecule has 0 aliphatic carbocycles. The number of halogens is 2. The molecule has 0 bridgehead atoms. The van der Waals surface area contributed by atoms with E-state index in [-0.39, 0.29) is 0 Å². The fourth-order valence-electron chi connectivity index (χ4n) is 1.48. The first-order valence-corrected chi connectivity index (χ1v) is 6.11. The number of rotatable bonds is 5. The average molecular weight is 262 g/mol. The van der Waals surface area contributed by atoms with Crippen LogP contribution in [0.3, 0.4) is 0 Å². The molecule has 0 saturated heterocycles. The van der Waals surface area contributed by atoms with Crippen LogP contribution < -0.4 is 5.32 Å². The zero-order valence-corrected chi connectivity index (χ0v) is 11.1. The molecule has 0 aliphatic rings. The highest BCUT2D eigenvalue weighted by Crippen LogP contribution is 2.30. The van der Waals surface area contributed by atoms with Crippen molar-refractivity contribution in [3.05, 3.63) is 33.8 Å². The summed E-state index contributed by atoms with van der Waals surface area (Å²) in [6.45, 7) is 5.49. The summed E-state index contributed by atoms with van der Waals surface area (Å²) >= 11 is 11.8. The van der Waals surface area contributed by atoms with Crippen molar-refractivity contribution in [1.29, 1.82) is 0 Å². The zero-order chi connectivity index (χ0) is 12.2. The fraction of sp³-hybridized carbons (Fsp3) is 0.500. The Hall–Kier alpha value is -0.280. The molecular weight excluding hydrogens is 245 g/mol. The summed E-state index contributed by atoms with van der Waals surface area (Å²) in [5, 5.41) is 14.4. The van der Waals surface area contributed by atoms with Crippen molar-refractivity contribution >= 4 is 23.2 Å². The molecule has 0 heterocycles. The number of benzene rings is 1. The second kappa shape index (κ2) is 5.87. The van der Waals surface area contributed by atoms with Crippen LogP contribution in [0, 0.1) is 0 Å². The second-order valence-electron chi connectivity index (χ2n) is 4.01. The molecule has 90 valence electrons. The Bertz CT molecular complexity index is 353. The molecule has 0 aromatic heterocycles. The Morgan fingerprint density at radius 1 is 1.31 bits per heavy atom. The van der Waals surface area contributed by atoms with Gasteiger partial charge in [-0.15, -0.1) is 0 Å². The summed E-state index contributed by atoms with van der Waals surface area (Å²) in [6, 6.07) is 5.23. The second-order valence-corrected chi connectivity index (χ2v) is 4.82. The molecule has 0 spiro atoms. The number of aliphatic hydroxyl groups is 1. The molecule has 1 rings (SSSR count). The summed E-state index contributed by atoms with van der Waals surface area (Å²) in [5.41, 5.74) is -0.0871. The summed E-state index contributed by atoms with van der Waals surface area (Å²) < 4.78 is 0. The van der Waals surface area contributed by atoms with E-state index >= 15 is 0 Å². The van der Waals surface area contributed by atoms with Crippen LogP contribution in [-0.4, -0.2) is 18.2 Å². The van der Waals surface area contributed by atoms with Crippen LogP contribution in [0.2, 0.25) is 10.0 Å². The first-order chi connectivity index (χ1) is 7.47. The standard InChI is InChI=1S/C12H17Cl2NO/c1-3-15-7-6-12(2,16)9-4-5-10(13)11(14)8-9/h4-5,8,15-16H,3,6-7H2,1-2H3. The van der Waals surface area contributed by atoms with Gasteiger partial charge in [-0.3, -0.25) is 0 Å². The lowest BCUT2D eigenvalue weighted by Gasteiger charge is -2.24. The summed E-state index contributed by atoms with van der Waals surface area (Å²) in [5.74, 6) is 0. The van der Waals surface area contributed by atoms with Gasteiger partial charge in [-0.2, -0.15) is 0 Å². The van der Waals surface area contributed by atoms with Crippen LogP contribution in [0.1, 0.15) is 25.8 Å². The summed E-state index contributed by atoms with van der Waals surface area (Å²) in [4.78, 5) is 0. The molecule has 16 heavy (non-hydrogen) atoms. The van der Waals surface area contributed by atoms with Gasteiger partial charge in [0.2, 0.25) is 0 Å². The monoisotopic (exact) mass is 261 g/mol. The topological polar surface area (TPSA) is 32.3 Å². The molecular formula is C12H17Cl2NO. The SMILES string of the molecule is CCNCCC(C)(O)c1ccc(Cl)c(Cl)c1. The van der Waals surface area contributed by atoms with Crippen molar-refractivity contribution in [2.45, 2.75) is 25.9 Å². The predicted octanol–water partition coefficient (Wildman–Crippen LogP) is 3.20. The van der Waals surface area contributed by atoms with Gasteiger partial charge in [-0.25, -0.2) is 0 Å². The third-order valence-corrected chi connectivity index (χ3v) is 3.32. The van der Waals surface area contributed by atoms with E-state index in [1.165, 1.54) is 0 Å². The van der Waals surface area contributed by atoms with E-state index in [1.807, 2.05) is 6.92 Å². The smallest absolute Gasteiger partial charge is 0.0881 e. The van der Waals surface area contributed by atoms with E-state index in [1.54, 1.807) is 25.1 Å². The Morgan fingerprint density at radius 3 is 2.56 bits per heavy atom. The van der Waals surface area contributed by atoms with Crippen LogP contribution in [0.5, 0.6) is 0 Å². The highest BCUT2D eigenvalue weighted by Gasteiger charge is 2.22. The van der Waals surface area contributed by atoms with Gasteiger partial charge in [0, 0.05) is 0 Å². The van der Waals surface area contributed by atoms with Crippen molar-refractivity contribution in [3.63, 3.8) is 0 Å². The van der Waals surface area contributed by atoms with Gasteiger partial charge in [-0.1, -0.05) is 36.2 Å². The lowest BCUT2D eigenvalue weighted by atomic mass is 9.92. The van der Waals surface area contributed by atoms with Gasteiger partial charge in [0.15, 0.2) is 0 Å². The third kappa shape index (κ3) is 3.63. The third-order valence-electron chi connectivity index (χ3n) is 2.58. The quantitative estimate of drug-likeness (QED) is 0.799. The van der Waals surface area contributed by atoms with E-state index in [0.717, 1.165) is 18.7 Å². The Labute approximate surface area is 107 Å². The number of hydrogen-bond acceptors (Lipinski definition) is 2. The van der Waals surface area contributed by atoms with Gasteiger partial charge < -0.3 is 10.4 Å². The van der Waals surface area contributed by atoms with E-state index < -0.39 is 5.60 Å². The Morgan fingerprint density at radius 2 is 2.00 bits per heavy atom. The highest BCUT2D eigenvalue weighted by molar-refractivity contribution is 6.42. The number of hydrogen-bond donors (Lipinski definition) is 2. The normalized spacial score (nSPS) is 14.8. The van der Waals surface area contributed by atoms with Crippen molar-refractivity contribution in [1.82, 2.24) is 5.32 Å². The Balaban J connectivity index is 2.76. The minimum absolute atomic E-state index is 0.475. The van der Waals surface area contributed by atoms with Crippen molar-refractivity contribution in [3.8, 4) is 0 Å². The fourth-order valence-corrected chi connectivity index (χ4v) is 1.78. The van der Waals surface area contributed by atoms with Crippen LogP contribution in [0.4, 0.5) is 0 Å². The van der Waals surface area contributed by atoms with Crippen molar-refractivity contribution in [2.75, 3.05) is 13.1 Å². The summed E-state index contributed by atoms with van der Waals surface area (Å²) in [6.07, 6.45) is 0.638. The maximum absolute atomic E-state index is 10.3. The van der Waals surface area contributed by atoms with E-state index in [9.17, 15) is 5.11 Å². The minimum atomic E-state index is -0.879. The first kappa shape index (κ1) is 13.8. The predicted molar refractivity (Wildman–Crippen MR) is 69.2 cm³/mol. The van der Waals surface area contributed by atoms with Gasteiger partial charge in [0.05, 0.1) is 15.6 Å². The number of nitrogens with one attached hydrogen (secondary N) is 1. The molecule has 0 aliphatic heterocycles. The minimum Gasteiger partial charge on any atom is -0.385 e. The van der Waals surface area contributed by atoms with Gasteiger partial charge in [0.25, 0.3) is 0 Å². The van der Waals surface area contributed by atoms with Crippen molar-refractivity contribution < 1.29 is 5.11 Å². The molecule has 1 aromatic carbocycles. The molecule has 2 nitrogen and oxygen atoms in total. The van der Waals surface area contributed by atoms with Crippen molar-refractivity contribution in [2.24, 2.45) is 0 Å². The largest absolute Gasteiger partial charge is 0.385 e. The van der Waals surface area contributed by atoms with E-state index in [4.69, 9.17) is 23.2 Å². The Kier molecular flexibility index (Phi) is 5.06. The highest BCUT2D eigenvalue weighted by atomic mass is 35.5. The molecule has 0 fully saturated rings. The molecule has 2 N–H and O–H groups in total. The lowest BCUT2D eigenvalue weighted by molar-refractivity contribution is 0.0482. The summed E-state index contributed by atoms with van der Waals surface area (Å²) in [7, 11) is 0. The molecule has 1 aromatic rings. The van der Waals surface area contributed by atoms with Gasteiger partial charge in [0.1, 0.15) is 0 Å². The van der Waals surface area contributed by atoms with Crippen LogP contribution in [-0.2, 0) is 5.60 Å². The maximum atomic E-state index is 10.3. The zero-order valence-electron chi connectivity index (χ0n) is 9.56.